The Balaban J connectivity index is 0.000000414. The number of carboxylic acid groups (broad SMARTS) is 1. The lowest BCUT2D eigenvalue weighted by atomic mass is 9.91. The van der Waals surface area contributed by atoms with E-state index in [2.05, 4.69) is 0 Å². The fourth-order valence-electron chi connectivity index (χ4n) is 4.03. The largest absolute Gasteiger partial charge is 0.478 e. The van der Waals surface area contributed by atoms with Crippen LogP contribution in [0.5, 0.6) is 0 Å². The van der Waals surface area contributed by atoms with Gasteiger partial charge >= 0.3 is 17.9 Å². The Kier molecular flexibility index (Phi) is 13.7. The first-order valence-corrected chi connectivity index (χ1v) is 14.1. The second kappa shape index (κ2) is 15.5. The fourth-order valence-corrected chi connectivity index (χ4v) is 4.42. The average Bonchev–Trinajstić information content (AvgIpc) is 2.79. The molecule has 2 aromatic carbocycles. The smallest absolute Gasteiger partial charge is 0.340 e. The molecule has 2 aromatic rings. The number of halogens is 4. The van der Waals surface area contributed by atoms with Gasteiger partial charge in [0, 0.05) is 5.02 Å². The average molecular weight is 618 g/mol. The van der Waals surface area contributed by atoms with Crippen LogP contribution >= 0.6 is 23.2 Å². The summed E-state index contributed by atoms with van der Waals surface area (Å²) in [5, 5.41) is 9.23. The van der Waals surface area contributed by atoms with Crippen molar-refractivity contribution in [2.75, 3.05) is 0 Å². The van der Waals surface area contributed by atoms with Crippen LogP contribution in [-0.2, 0) is 19.1 Å². The summed E-state index contributed by atoms with van der Waals surface area (Å²) in [6.07, 6.45) is 1.28. The Morgan fingerprint density at radius 1 is 0.805 bits per heavy atom. The molecule has 0 saturated heterocycles. The van der Waals surface area contributed by atoms with Gasteiger partial charge in [-0.15, -0.1) is 0 Å². The lowest BCUT2D eigenvalue weighted by Gasteiger charge is -2.22. The van der Waals surface area contributed by atoms with Gasteiger partial charge < -0.3 is 14.6 Å². The van der Waals surface area contributed by atoms with Crippen LogP contribution in [0.3, 0.4) is 0 Å². The molecule has 0 heterocycles. The molecule has 0 aliphatic heterocycles. The molecule has 2 atom stereocenters. The minimum Gasteiger partial charge on any atom is -0.478 e. The van der Waals surface area contributed by atoms with E-state index in [1.807, 2.05) is 27.7 Å². The molecule has 0 unspecified atom stereocenters. The van der Waals surface area contributed by atoms with E-state index < -0.39 is 40.4 Å². The summed E-state index contributed by atoms with van der Waals surface area (Å²) in [7, 11) is 0. The van der Waals surface area contributed by atoms with Crippen molar-refractivity contribution in [3.8, 4) is 0 Å². The molecule has 228 valence electrons. The van der Waals surface area contributed by atoms with Crippen LogP contribution < -0.4 is 0 Å². The number of carboxylic acids is 1. The van der Waals surface area contributed by atoms with E-state index in [9.17, 15) is 23.2 Å². The molecule has 0 aliphatic rings. The van der Waals surface area contributed by atoms with Crippen LogP contribution in [0.25, 0.3) is 0 Å². The summed E-state index contributed by atoms with van der Waals surface area (Å²) in [6.45, 7) is 14.4. The summed E-state index contributed by atoms with van der Waals surface area (Å²) in [5.74, 6) is -4.12. The monoisotopic (exact) mass is 616 g/mol. The van der Waals surface area contributed by atoms with Crippen molar-refractivity contribution in [3.63, 3.8) is 0 Å². The van der Waals surface area contributed by atoms with Crippen LogP contribution in [0, 0.1) is 11.6 Å². The SMILES string of the molecule is CC[C@@H](CC(=O)OC(C)(C)C)c1ccc(Cl)c(C(=O)O)c1F.CC[C@@H](CC(=O)OC(C)(C)C)c1ccc(Cl)cc1F. The maximum atomic E-state index is 14.4. The van der Waals surface area contributed by atoms with Gasteiger partial charge in [0.25, 0.3) is 0 Å². The van der Waals surface area contributed by atoms with Crippen LogP contribution in [0.2, 0.25) is 10.0 Å². The van der Waals surface area contributed by atoms with E-state index in [1.165, 1.54) is 18.2 Å². The standard InChI is InChI=1S/C16H20ClFO4.C15H20ClFO2/c1-5-9(8-12(19)22-16(2,3)4)10-6-7-11(17)13(14(10)18)15(20)21;1-5-10(8-14(18)19-15(2,3)4)12-7-6-11(16)9-13(12)17/h6-7,9H,5,8H2,1-4H3,(H,20,21);6-7,9-10H,5,8H2,1-4H3/t9-;10-/m00/s1. The van der Waals surface area contributed by atoms with Gasteiger partial charge in [-0.1, -0.05) is 49.2 Å². The van der Waals surface area contributed by atoms with Crippen molar-refractivity contribution in [1.82, 2.24) is 0 Å². The number of hydrogen-bond acceptors (Lipinski definition) is 5. The summed E-state index contributed by atoms with van der Waals surface area (Å²) in [6, 6.07) is 7.30. The van der Waals surface area contributed by atoms with E-state index in [4.69, 9.17) is 37.8 Å². The molecule has 0 spiro atoms. The van der Waals surface area contributed by atoms with Gasteiger partial charge in [-0.3, -0.25) is 9.59 Å². The third-order valence-corrected chi connectivity index (χ3v) is 6.38. The number of aromatic carboxylic acids is 1. The van der Waals surface area contributed by atoms with Crippen molar-refractivity contribution >= 4 is 41.1 Å². The minimum atomic E-state index is -1.43. The zero-order valence-electron chi connectivity index (χ0n) is 24.9. The normalized spacial score (nSPS) is 13.0. The molecular weight excluding hydrogens is 577 g/mol. The number of carbonyl (C=O) groups is 3. The molecule has 2 rings (SSSR count). The Morgan fingerprint density at radius 3 is 1.63 bits per heavy atom. The molecule has 1 N–H and O–H groups in total. The Bertz CT molecular complexity index is 1220. The van der Waals surface area contributed by atoms with Crippen LogP contribution in [0.1, 0.15) is 114 Å². The molecule has 0 amide bonds. The summed E-state index contributed by atoms with van der Waals surface area (Å²) < 4.78 is 38.7. The molecule has 0 bridgehead atoms. The fraction of sp³-hybridized carbons (Fsp3) is 0.516. The Morgan fingerprint density at radius 2 is 1.24 bits per heavy atom. The minimum absolute atomic E-state index is 0.0224. The Labute approximate surface area is 251 Å². The van der Waals surface area contributed by atoms with E-state index in [0.29, 0.717) is 23.4 Å². The van der Waals surface area contributed by atoms with E-state index >= 15 is 0 Å². The lowest BCUT2D eigenvalue weighted by molar-refractivity contribution is -0.156. The third kappa shape index (κ3) is 12.4. The molecule has 0 aromatic heterocycles. The first-order chi connectivity index (χ1) is 18.8. The van der Waals surface area contributed by atoms with Gasteiger partial charge in [-0.05, 0) is 95.5 Å². The van der Waals surface area contributed by atoms with E-state index in [-0.39, 0.29) is 41.1 Å². The first kappa shape index (κ1) is 36.3. The molecule has 0 saturated carbocycles. The van der Waals surface area contributed by atoms with Crippen molar-refractivity contribution in [2.24, 2.45) is 0 Å². The molecule has 6 nitrogen and oxygen atoms in total. The van der Waals surface area contributed by atoms with E-state index in [1.54, 1.807) is 39.8 Å². The van der Waals surface area contributed by atoms with Crippen LogP contribution in [0.15, 0.2) is 30.3 Å². The summed E-state index contributed by atoms with van der Waals surface area (Å²) in [4.78, 5) is 34.8. The summed E-state index contributed by atoms with van der Waals surface area (Å²) in [5.41, 5.74) is -1.04. The third-order valence-electron chi connectivity index (χ3n) is 5.83. The first-order valence-electron chi connectivity index (χ1n) is 13.4. The summed E-state index contributed by atoms with van der Waals surface area (Å²) >= 11 is 11.5. The predicted molar refractivity (Wildman–Crippen MR) is 157 cm³/mol. The topological polar surface area (TPSA) is 89.9 Å². The van der Waals surface area contributed by atoms with E-state index in [0.717, 1.165) is 0 Å². The molecular formula is C31H40Cl2F2O6. The van der Waals surface area contributed by atoms with Crippen LogP contribution in [-0.4, -0.2) is 34.2 Å². The van der Waals surface area contributed by atoms with Gasteiger partial charge in [-0.2, -0.15) is 0 Å². The lowest BCUT2D eigenvalue weighted by Crippen LogP contribution is -2.25. The zero-order chi connectivity index (χ0) is 31.7. The van der Waals surface area contributed by atoms with Gasteiger partial charge in [-0.25, -0.2) is 13.6 Å². The maximum Gasteiger partial charge on any atom is 0.340 e. The van der Waals surface area contributed by atoms with Gasteiger partial charge in [0.1, 0.15) is 28.4 Å². The molecule has 10 heteroatoms. The second-order valence-electron chi connectivity index (χ2n) is 11.6. The second-order valence-corrected chi connectivity index (χ2v) is 12.4. The molecule has 0 fully saturated rings. The highest BCUT2D eigenvalue weighted by Crippen LogP contribution is 2.32. The maximum absolute atomic E-state index is 14.4. The van der Waals surface area contributed by atoms with Gasteiger partial charge in [0.2, 0.25) is 0 Å². The van der Waals surface area contributed by atoms with Gasteiger partial charge in [0.15, 0.2) is 0 Å². The van der Waals surface area contributed by atoms with Crippen molar-refractivity contribution in [2.45, 2.75) is 104 Å². The number of rotatable bonds is 9. The highest BCUT2D eigenvalue weighted by molar-refractivity contribution is 6.33. The molecule has 0 aliphatic carbocycles. The number of carbonyl (C=O) groups excluding carboxylic acids is 2. The predicted octanol–water partition coefficient (Wildman–Crippen LogP) is 9.11. The highest BCUT2D eigenvalue weighted by Gasteiger charge is 2.26. The molecule has 0 radical (unpaired) electrons. The zero-order valence-corrected chi connectivity index (χ0v) is 26.4. The van der Waals surface area contributed by atoms with Crippen molar-refractivity contribution < 1.29 is 37.7 Å². The molecule has 41 heavy (non-hydrogen) atoms. The van der Waals surface area contributed by atoms with Crippen molar-refractivity contribution in [1.29, 1.82) is 0 Å². The van der Waals surface area contributed by atoms with Crippen LogP contribution in [0.4, 0.5) is 8.78 Å². The number of hydrogen-bond donors (Lipinski definition) is 1. The highest BCUT2D eigenvalue weighted by atomic mass is 35.5. The quantitative estimate of drug-likeness (QED) is 0.282. The number of benzene rings is 2. The number of esters is 2. The van der Waals surface area contributed by atoms with Gasteiger partial charge in [0.05, 0.1) is 17.9 Å². The Hall–Kier alpha value is -2.71. The number of ether oxygens (including phenoxy) is 2. The van der Waals surface area contributed by atoms with Crippen molar-refractivity contribution in [3.05, 3.63) is 68.7 Å².